The molecule has 1 unspecified atom stereocenters. The van der Waals surface area contributed by atoms with Crippen LogP contribution in [0.4, 0.5) is 34.6 Å². The Morgan fingerprint density at radius 3 is 2.56 bits per heavy atom. The number of nitriles is 1. The van der Waals surface area contributed by atoms with Crippen molar-refractivity contribution in [3.05, 3.63) is 94.4 Å². The molecule has 0 saturated heterocycles. The van der Waals surface area contributed by atoms with Gasteiger partial charge in [-0.05, 0) is 37.1 Å². The first-order chi connectivity index (χ1) is 18.7. The highest BCUT2D eigenvalue weighted by atomic mass is 35.5. The summed E-state index contributed by atoms with van der Waals surface area (Å²) in [6.45, 7) is 0. The van der Waals surface area contributed by atoms with Gasteiger partial charge in [-0.1, -0.05) is 11.6 Å². The maximum atomic E-state index is 14.7. The van der Waals surface area contributed by atoms with Crippen LogP contribution in [0.5, 0.6) is 0 Å². The molecule has 0 aliphatic heterocycles. The summed E-state index contributed by atoms with van der Waals surface area (Å²) >= 11 is 6.52. The molecule has 3 aromatic heterocycles. The zero-order chi connectivity index (χ0) is 27.7. The van der Waals surface area contributed by atoms with Gasteiger partial charge in [-0.2, -0.15) is 23.4 Å². The molecule has 0 amide bonds. The molecule has 0 radical (unpaired) electrons. The number of hydrogen-bond donors (Lipinski definition) is 4. The normalized spacial score (nSPS) is 14.1. The van der Waals surface area contributed by atoms with Crippen molar-refractivity contribution in [3.63, 3.8) is 0 Å². The van der Waals surface area contributed by atoms with E-state index in [1.807, 2.05) is 6.07 Å². The van der Waals surface area contributed by atoms with Crippen LogP contribution in [0.25, 0.3) is 10.9 Å². The van der Waals surface area contributed by atoms with Gasteiger partial charge in [0.25, 0.3) is 0 Å². The maximum absolute atomic E-state index is 14.7. The number of hydrogen-bond acceptors (Lipinski definition) is 8. The highest BCUT2D eigenvalue weighted by molar-refractivity contribution is 6.36. The number of nitrogens with one attached hydrogen (secondary N) is 3. The summed E-state index contributed by atoms with van der Waals surface area (Å²) in [5, 5.41) is 19.3. The van der Waals surface area contributed by atoms with E-state index in [1.54, 1.807) is 12.3 Å². The molecule has 1 aromatic carbocycles. The molecule has 1 aliphatic rings. The predicted octanol–water partition coefficient (Wildman–Crippen LogP) is 5.56. The van der Waals surface area contributed by atoms with Gasteiger partial charge in [0, 0.05) is 41.1 Å². The van der Waals surface area contributed by atoms with E-state index in [9.17, 15) is 22.8 Å². The van der Waals surface area contributed by atoms with Crippen molar-refractivity contribution in [2.75, 3.05) is 10.6 Å². The first kappa shape index (κ1) is 26.0. The number of benzene rings is 1. The number of nitrogens with two attached hydrogens (primary N) is 1. The lowest BCUT2D eigenvalue weighted by Gasteiger charge is -2.22. The van der Waals surface area contributed by atoms with E-state index in [2.05, 4.69) is 30.9 Å². The van der Waals surface area contributed by atoms with E-state index in [0.29, 0.717) is 16.6 Å². The van der Waals surface area contributed by atoms with E-state index in [4.69, 9.17) is 17.3 Å². The van der Waals surface area contributed by atoms with Gasteiger partial charge in [-0.3, -0.25) is 4.98 Å². The van der Waals surface area contributed by atoms with Crippen LogP contribution in [0.3, 0.4) is 0 Å². The van der Waals surface area contributed by atoms with Gasteiger partial charge in [0.15, 0.2) is 5.82 Å². The number of aromatic nitrogens is 3. The molecule has 1 fully saturated rings. The predicted molar refractivity (Wildman–Crippen MR) is 138 cm³/mol. The van der Waals surface area contributed by atoms with E-state index in [0.717, 1.165) is 31.2 Å². The number of fused-ring (bicyclic) bond motifs is 1. The molecule has 1 saturated carbocycles. The number of halogens is 5. The van der Waals surface area contributed by atoms with Crippen molar-refractivity contribution >= 4 is 39.6 Å². The number of anilines is 3. The van der Waals surface area contributed by atoms with E-state index >= 15 is 0 Å². The number of nitrogens with zero attached hydrogens (tertiary/aromatic N) is 4. The smallest absolute Gasteiger partial charge is 0.249 e. The van der Waals surface area contributed by atoms with Gasteiger partial charge in [-0.15, -0.1) is 0 Å². The molecule has 1 atom stereocenters. The van der Waals surface area contributed by atoms with Crippen LogP contribution < -0.4 is 21.7 Å². The molecule has 198 valence electrons. The lowest BCUT2D eigenvalue weighted by Crippen LogP contribution is -2.23. The Balaban J connectivity index is 1.59. The monoisotopic (exact) mass is 554 g/mol. The van der Waals surface area contributed by atoms with Crippen LogP contribution in [0, 0.1) is 35.0 Å². The van der Waals surface area contributed by atoms with Crippen LogP contribution in [0.15, 0.2) is 54.6 Å². The molecule has 0 bridgehead atoms. The van der Waals surface area contributed by atoms with Gasteiger partial charge < -0.3 is 21.7 Å². The fourth-order valence-corrected chi connectivity index (χ4v) is 4.16. The Morgan fingerprint density at radius 1 is 1.08 bits per heavy atom. The maximum Gasteiger partial charge on any atom is 0.249 e. The molecule has 39 heavy (non-hydrogen) atoms. The van der Waals surface area contributed by atoms with Crippen molar-refractivity contribution in [1.82, 2.24) is 20.3 Å². The lowest BCUT2D eigenvalue weighted by atomic mass is 10.0. The number of rotatable bonds is 8. The second kappa shape index (κ2) is 10.6. The lowest BCUT2D eigenvalue weighted by molar-refractivity contribution is 0.480. The van der Waals surface area contributed by atoms with Gasteiger partial charge in [-0.25, -0.2) is 9.37 Å². The fourth-order valence-electron chi connectivity index (χ4n) is 3.89. The molecule has 3 heterocycles. The summed E-state index contributed by atoms with van der Waals surface area (Å²) in [5.74, 6) is -4.49. The summed E-state index contributed by atoms with van der Waals surface area (Å²) in [5.41, 5.74) is 7.48. The van der Waals surface area contributed by atoms with Crippen LogP contribution in [0.1, 0.15) is 30.0 Å². The average molecular weight is 555 g/mol. The zero-order valence-corrected chi connectivity index (χ0v) is 20.7. The highest BCUT2D eigenvalue weighted by Crippen LogP contribution is 2.36. The van der Waals surface area contributed by atoms with Crippen molar-refractivity contribution in [3.8, 4) is 6.07 Å². The van der Waals surface area contributed by atoms with Gasteiger partial charge in [0.2, 0.25) is 17.8 Å². The van der Waals surface area contributed by atoms with Crippen molar-refractivity contribution in [2.24, 2.45) is 5.73 Å². The van der Waals surface area contributed by atoms with Crippen LogP contribution in [-0.2, 0) is 0 Å². The van der Waals surface area contributed by atoms with Gasteiger partial charge in [0.05, 0.1) is 45.4 Å². The quantitative estimate of drug-likeness (QED) is 0.165. The third-order valence-electron chi connectivity index (χ3n) is 5.97. The third-order valence-corrected chi connectivity index (χ3v) is 6.26. The van der Waals surface area contributed by atoms with Crippen molar-refractivity contribution in [1.29, 1.82) is 5.26 Å². The Morgan fingerprint density at radius 2 is 1.87 bits per heavy atom. The molecule has 5 N–H and O–H groups in total. The Hall–Kier alpha value is -4.63. The minimum Gasteiger partial charge on any atom is -0.399 e. The molecular weight excluding hydrogens is 536 g/mol. The second-order valence-corrected chi connectivity index (χ2v) is 9.22. The zero-order valence-electron chi connectivity index (χ0n) is 19.9. The summed E-state index contributed by atoms with van der Waals surface area (Å²) < 4.78 is 55.4. The molecule has 0 spiro atoms. The van der Waals surface area contributed by atoms with E-state index in [1.165, 1.54) is 18.3 Å². The summed E-state index contributed by atoms with van der Waals surface area (Å²) in [6, 6.07) is 7.51. The van der Waals surface area contributed by atoms with Crippen LogP contribution in [-0.4, -0.2) is 21.0 Å². The third kappa shape index (κ3) is 5.63. The SMILES string of the molecule is N#Cc1cnc2c(Cl)cc(NC(/C(N)=C/NC3CC3)c3ccc(F)nc3F)cc2c1Nc1cnc(F)c(F)c1. The Bertz CT molecular complexity index is 1650. The van der Waals surface area contributed by atoms with Gasteiger partial charge >= 0.3 is 0 Å². The fraction of sp³-hybridized carbons (Fsp3) is 0.154. The first-order valence-corrected chi connectivity index (χ1v) is 12.0. The summed E-state index contributed by atoms with van der Waals surface area (Å²) in [7, 11) is 0. The van der Waals surface area contributed by atoms with Crippen LogP contribution >= 0.6 is 11.6 Å². The van der Waals surface area contributed by atoms with E-state index in [-0.39, 0.29) is 39.3 Å². The van der Waals surface area contributed by atoms with Crippen molar-refractivity contribution in [2.45, 2.75) is 24.9 Å². The summed E-state index contributed by atoms with van der Waals surface area (Å²) in [4.78, 5) is 10.9. The second-order valence-electron chi connectivity index (χ2n) is 8.81. The Labute approximate surface area is 224 Å². The molecule has 5 rings (SSSR count). The van der Waals surface area contributed by atoms with Crippen molar-refractivity contribution < 1.29 is 17.6 Å². The first-order valence-electron chi connectivity index (χ1n) is 11.6. The standard InChI is InChI=1S/C26H19ClF4N8/c27-18-6-14(37-24(20(33)11-34-13-1-2-13)16-3-4-21(29)39-25(16)30)5-17-22(12(8-32)9-35-23(17)18)38-15-7-19(28)26(31)36-10-15/h3-7,9-11,13,24,34,37H,1-2,33H2,(H,35,38)/b20-11-. The molecule has 4 aromatic rings. The average Bonchev–Trinajstić information content (AvgIpc) is 3.73. The molecule has 8 nitrogen and oxygen atoms in total. The van der Waals surface area contributed by atoms with E-state index < -0.39 is 29.7 Å². The van der Waals surface area contributed by atoms with Crippen LogP contribution in [0.2, 0.25) is 5.02 Å². The number of pyridine rings is 3. The molecule has 1 aliphatic carbocycles. The molecule has 13 heteroatoms. The Kier molecular flexibility index (Phi) is 7.08. The minimum atomic E-state index is -1.27. The summed E-state index contributed by atoms with van der Waals surface area (Å²) in [6.07, 6.45) is 5.86. The minimum absolute atomic E-state index is 0.0194. The van der Waals surface area contributed by atoms with Gasteiger partial charge in [0.1, 0.15) is 6.07 Å². The topological polar surface area (TPSA) is 125 Å². The highest BCUT2D eigenvalue weighted by Gasteiger charge is 2.24. The largest absolute Gasteiger partial charge is 0.399 e. The molecular formula is C26H19ClF4N8.